The zero-order valence-corrected chi connectivity index (χ0v) is 10.5. The van der Waals surface area contributed by atoms with Gasteiger partial charge in [0.1, 0.15) is 0 Å². The van der Waals surface area contributed by atoms with Gasteiger partial charge in [-0.3, -0.25) is 4.79 Å². The molecule has 2 rings (SSSR count). The van der Waals surface area contributed by atoms with Crippen molar-refractivity contribution in [3.63, 3.8) is 0 Å². The first kappa shape index (κ1) is 13.1. The Bertz CT molecular complexity index is 401. The Kier molecular flexibility index (Phi) is 4.73. The van der Waals surface area contributed by atoms with E-state index in [4.69, 9.17) is 10.5 Å². The second kappa shape index (κ2) is 6.52. The van der Waals surface area contributed by atoms with Gasteiger partial charge in [-0.05, 0) is 30.9 Å². The molecule has 0 bridgehead atoms. The highest BCUT2D eigenvalue weighted by Gasteiger charge is 2.13. The van der Waals surface area contributed by atoms with Crippen molar-refractivity contribution in [2.75, 3.05) is 13.2 Å². The zero-order valence-electron chi connectivity index (χ0n) is 10.5. The van der Waals surface area contributed by atoms with Crippen LogP contribution in [0, 0.1) is 0 Å². The highest BCUT2D eigenvalue weighted by molar-refractivity contribution is 5.94. The Morgan fingerprint density at radius 2 is 2.22 bits per heavy atom. The number of ether oxygens (including phenoxy) is 1. The van der Waals surface area contributed by atoms with E-state index in [1.54, 1.807) is 6.07 Å². The molecule has 4 nitrogen and oxygen atoms in total. The summed E-state index contributed by atoms with van der Waals surface area (Å²) in [6, 6.07) is 7.43. The summed E-state index contributed by atoms with van der Waals surface area (Å²) in [5, 5.41) is 3.33. The highest BCUT2D eigenvalue weighted by atomic mass is 16.5. The fourth-order valence-corrected chi connectivity index (χ4v) is 2.25. The molecule has 0 aliphatic carbocycles. The molecule has 1 heterocycles. The van der Waals surface area contributed by atoms with E-state index >= 15 is 0 Å². The van der Waals surface area contributed by atoms with Crippen LogP contribution in [0.1, 0.15) is 35.2 Å². The Labute approximate surface area is 108 Å². The molecule has 0 saturated carbocycles. The lowest BCUT2D eigenvalue weighted by molar-refractivity contribution is 0.0168. The van der Waals surface area contributed by atoms with E-state index in [0.29, 0.717) is 18.2 Å². The van der Waals surface area contributed by atoms with Crippen molar-refractivity contribution < 1.29 is 9.53 Å². The summed E-state index contributed by atoms with van der Waals surface area (Å²) in [5.41, 5.74) is 6.88. The van der Waals surface area contributed by atoms with Crippen LogP contribution >= 0.6 is 0 Å². The lowest BCUT2D eigenvalue weighted by atomic mass is 10.1. The van der Waals surface area contributed by atoms with Gasteiger partial charge in [0.15, 0.2) is 0 Å². The first-order chi connectivity index (χ1) is 8.77. The normalized spacial score (nSPS) is 19.7. The average molecular weight is 248 g/mol. The Balaban J connectivity index is 1.84. The molecule has 1 fully saturated rings. The minimum atomic E-state index is -0.374. The number of hydrogen-bond acceptors (Lipinski definition) is 3. The summed E-state index contributed by atoms with van der Waals surface area (Å²) in [6.45, 7) is 2.34. The lowest BCUT2D eigenvalue weighted by Gasteiger charge is -2.23. The number of hydrogen-bond donors (Lipinski definition) is 2. The monoisotopic (exact) mass is 248 g/mol. The summed E-state index contributed by atoms with van der Waals surface area (Å²) in [4.78, 5) is 11.3. The summed E-state index contributed by atoms with van der Waals surface area (Å²) in [6.07, 6.45) is 3.83. The molecular formula is C14H20N2O2. The van der Waals surface area contributed by atoms with Crippen molar-refractivity contribution >= 4 is 5.91 Å². The van der Waals surface area contributed by atoms with Crippen LogP contribution in [0.3, 0.4) is 0 Å². The van der Waals surface area contributed by atoms with E-state index in [0.717, 1.165) is 25.1 Å². The van der Waals surface area contributed by atoms with Crippen LogP contribution in [0.2, 0.25) is 0 Å². The highest BCUT2D eigenvalue weighted by Crippen LogP contribution is 2.12. The largest absolute Gasteiger partial charge is 0.377 e. The molecule has 98 valence electrons. The molecule has 3 N–H and O–H groups in total. The molecule has 1 unspecified atom stereocenters. The van der Waals surface area contributed by atoms with Gasteiger partial charge in [-0.2, -0.15) is 0 Å². The third kappa shape index (κ3) is 3.55. The zero-order chi connectivity index (χ0) is 12.8. The van der Waals surface area contributed by atoms with Gasteiger partial charge in [0.2, 0.25) is 5.91 Å². The van der Waals surface area contributed by atoms with Crippen molar-refractivity contribution in [1.82, 2.24) is 5.32 Å². The standard InChI is InChI=1S/C14H20N2O2/c15-14(17)13-7-2-1-5-11(13)9-16-10-12-6-3-4-8-18-12/h1-2,5,7,12,16H,3-4,6,8-10H2,(H2,15,17). The first-order valence-electron chi connectivity index (χ1n) is 6.47. The molecule has 1 aliphatic heterocycles. The average Bonchev–Trinajstić information content (AvgIpc) is 2.40. The van der Waals surface area contributed by atoms with Crippen LogP contribution in [0.25, 0.3) is 0 Å². The molecule has 0 aromatic heterocycles. The van der Waals surface area contributed by atoms with Crippen molar-refractivity contribution in [3.05, 3.63) is 35.4 Å². The van der Waals surface area contributed by atoms with Crippen molar-refractivity contribution in [2.24, 2.45) is 5.73 Å². The molecule has 1 aliphatic rings. The molecule has 1 aromatic carbocycles. The number of nitrogens with one attached hydrogen (secondary N) is 1. The number of nitrogens with two attached hydrogens (primary N) is 1. The molecule has 1 saturated heterocycles. The number of primary amides is 1. The fourth-order valence-electron chi connectivity index (χ4n) is 2.25. The predicted molar refractivity (Wildman–Crippen MR) is 70.3 cm³/mol. The van der Waals surface area contributed by atoms with Crippen molar-refractivity contribution in [2.45, 2.75) is 31.9 Å². The second-order valence-corrected chi connectivity index (χ2v) is 4.64. The van der Waals surface area contributed by atoms with Crippen molar-refractivity contribution in [1.29, 1.82) is 0 Å². The van der Waals surface area contributed by atoms with Gasteiger partial charge in [0, 0.05) is 25.3 Å². The van der Waals surface area contributed by atoms with Gasteiger partial charge in [-0.25, -0.2) is 0 Å². The lowest BCUT2D eigenvalue weighted by Crippen LogP contribution is -2.32. The molecule has 1 atom stereocenters. The van der Waals surface area contributed by atoms with Gasteiger partial charge < -0.3 is 15.8 Å². The molecule has 4 heteroatoms. The number of carbonyl (C=O) groups excluding carboxylic acids is 1. The topological polar surface area (TPSA) is 64.4 Å². The van der Waals surface area contributed by atoms with Crippen LogP contribution in [-0.4, -0.2) is 25.2 Å². The van der Waals surface area contributed by atoms with E-state index < -0.39 is 0 Å². The Morgan fingerprint density at radius 1 is 1.39 bits per heavy atom. The van der Waals surface area contributed by atoms with Gasteiger partial charge in [-0.15, -0.1) is 0 Å². The number of benzene rings is 1. The summed E-state index contributed by atoms with van der Waals surface area (Å²) in [5.74, 6) is -0.374. The Hall–Kier alpha value is -1.39. The molecule has 1 amide bonds. The summed E-state index contributed by atoms with van der Waals surface area (Å²) >= 11 is 0. The minimum Gasteiger partial charge on any atom is -0.377 e. The second-order valence-electron chi connectivity index (χ2n) is 4.64. The van der Waals surface area contributed by atoms with E-state index in [1.807, 2.05) is 18.2 Å². The van der Waals surface area contributed by atoms with Gasteiger partial charge in [-0.1, -0.05) is 18.2 Å². The van der Waals surface area contributed by atoms with E-state index in [1.165, 1.54) is 12.8 Å². The van der Waals surface area contributed by atoms with Crippen LogP contribution in [0.4, 0.5) is 0 Å². The van der Waals surface area contributed by atoms with E-state index in [2.05, 4.69) is 5.32 Å². The maximum atomic E-state index is 11.3. The fraction of sp³-hybridized carbons (Fsp3) is 0.500. The van der Waals surface area contributed by atoms with E-state index in [-0.39, 0.29) is 5.91 Å². The van der Waals surface area contributed by atoms with Crippen LogP contribution in [0.5, 0.6) is 0 Å². The quantitative estimate of drug-likeness (QED) is 0.829. The maximum Gasteiger partial charge on any atom is 0.249 e. The number of carbonyl (C=O) groups is 1. The van der Waals surface area contributed by atoms with E-state index in [9.17, 15) is 4.79 Å². The van der Waals surface area contributed by atoms with Crippen molar-refractivity contribution in [3.8, 4) is 0 Å². The predicted octanol–water partition coefficient (Wildman–Crippen LogP) is 1.44. The maximum absolute atomic E-state index is 11.3. The minimum absolute atomic E-state index is 0.305. The first-order valence-corrected chi connectivity index (χ1v) is 6.47. The Morgan fingerprint density at radius 3 is 2.94 bits per heavy atom. The third-order valence-electron chi connectivity index (χ3n) is 3.24. The van der Waals surface area contributed by atoms with Gasteiger partial charge in [0.25, 0.3) is 0 Å². The molecule has 0 spiro atoms. The summed E-state index contributed by atoms with van der Waals surface area (Å²) < 4.78 is 5.64. The van der Waals surface area contributed by atoms with Gasteiger partial charge in [0.05, 0.1) is 6.10 Å². The van der Waals surface area contributed by atoms with Gasteiger partial charge >= 0.3 is 0 Å². The van der Waals surface area contributed by atoms with Crippen LogP contribution in [-0.2, 0) is 11.3 Å². The molecule has 1 aromatic rings. The molecule has 0 radical (unpaired) electrons. The number of rotatable bonds is 5. The summed E-state index contributed by atoms with van der Waals surface area (Å²) in [7, 11) is 0. The molecular weight excluding hydrogens is 228 g/mol. The van der Waals surface area contributed by atoms with Crippen LogP contribution in [0.15, 0.2) is 24.3 Å². The SMILES string of the molecule is NC(=O)c1ccccc1CNCC1CCCCO1. The molecule has 18 heavy (non-hydrogen) atoms. The third-order valence-corrected chi connectivity index (χ3v) is 3.24. The van der Waals surface area contributed by atoms with Crippen LogP contribution < -0.4 is 11.1 Å². The number of amides is 1. The smallest absolute Gasteiger partial charge is 0.249 e.